The van der Waals surface area contributed by atoms with Crippen LogP contribution in [0.1, 0.15) is 50.6 Å². The van der Waals surface area contributed by atoms with Gasteiger partial charge < -0.3 is 10.6 Å². The van der Waals surface area contributed by atoms with Crippen molar-refractivity contribution in [2.45, 2.75) is 40.2 Å². The Morgan fingerprint density at radius 1 is 1.00 bits per heavy atom. The van der Waals surface area contributed by atoms with Gasteiger partial charge in [0, 0.05) is 30.0 Å². The predicted molar refractivity (Wildman–Crippen MR) is 95.1 cm³/mol. The molecule has 0 aliphatic rings. The van der Waals surface area contributed by atoms with Gasteiger partial charge in [0.25, 0.3) is 5.91 Å². The van der Waals surface area contributed by atoms with Crippen LogP contribution in [-0.4, -0.2) is 21.6 Å². The fourth-order valence-corrected chi connectivity index (χ4v) is 2.16. The highest BCUT2D eigenvalue weighted by Gasteiger charge is 2.11. The molecule has 0 bridgehead atoms. The molecule has 128 valence electrons. The molecule has 1 heterocycles. The van der Waals surface area contributed by atoms with E-state index in [2.05, 4.69) is 15.7 Å². The third kappa shape index (κ3) is 4.94. The van der Waals surface area contributed by atoms with Gasteiger partial charge in [-0.1, -0.05) is 13.8 Å². The highest BCUT2D eigenvalue weighted by molar-refractivity contribution is 6.03. The number of nitrogens with zero attached hydrogens (tertiary/aromatic N) is 2. The second kappa shape index (κ2) is 7.77. The first-order valence-corrected chi connectivity index (χ1v) is 8.11. The van der Waals surface area contributed by atoms with E-state index in [4.69, 9.17) is 0 Å². The zero-order valence-corrected chi connectivity index (χ0v) is 14.5. The average Bonchev–Trinajstić information content (AvgIpc) is 2.98. The maximum Gasteiger partial charge on any atom is 0.276 e. The predicted octanol–water partition coefficient (Wildman–Crippen LogP) is 3.70. The maximum absolute atomic E-state index is 12.2. The quantitative estimate of drug-likeness (QED) is 0.849. The lowest BCUT2D eigenvalue weighted by atomic mass is 10.1. The summed E-state index contributed by atoms with van der Waals surface area (Å²) in [6.07, 6.45) is 2.27. The molecule has 2 rings (SSSR count). The van der Waals surface area contributed by atoms with Crippen molar-refractivity contribution in [3.63, 3.8) is 0 Å². The smallest absolute Gasteiger partial charge is 0.276 e. The molecule has 2 amide bonds. The third-order valence-electron chi connectivity index (χ3n) is 3.39. The summed E-state index contributed by atoms with van der Waals surface area (Å²) in [7, 11) is 0. The number of aromatic nitrogens is 2. The van der Waals surface area contributed by atoms with Gasteiger partial charge in [-0.25, -0.2) is 0 Å². The van der Waals surface area contributed by atoms with Crippen LogP contribution in [0.25, 0.3) is 0 Å². The minimum atomic E-state index is -0.258. The standard InChI is InChI=1S/C18H24N4O2/c1-12(2)11-17(23)19-14-5-7-15(8-6-14)20-18(24)16-9-10-22(21-16)13(3)4/h5-10,12-13H,11H2,1-4H3,(H,19,23)(H,20,24). The Morgan fingerprint density at radius 3 is 2.08 bits per heavy atom. The molecule has 0 radical (unpaired) electrons. The molecule has 0 spiro atoms. The SMILES string of the molecule is CC(C)CC(=O)Nc1ccc(NC(=O)c2ccn(C(C)C)n2)cc1. The second-order valence-corrected chi connectivity index (χ2v) is 6.45. The number of hydrogen-bond donors (Lipinski definition) is 2. The third-order valence-corrected chi connectivity index (χ3v) is 3.39. The lowest BCUT2D eigenvalue weighted by molar-refractivity contribution is -0.116. The van der Waals surface area contributed by atoms with E-state index in [9.17, 15) is 9.59 Å². The highest BCUT2D eigenvalue weighted by Crippen LogP contribution is 2.15. The summed E-state index contributed by atoms with van der Waals surface area (Å²) in [4.78, 5) is 23.9. The molecule has 1 aromatic heterocycles. The lowest BCUT2D eigenvalue weighted by Crippen LogP contribution is -2.15. The summed E-state index contributed by atoms with van der Waals surface area (Å²) < 4.78 is 1.74. The number of amides is 2. The second-order valence-electron chi connectivity index (χ2n) is 6.45. The van der Waals surface area contributed by atoms with E-state index >= 15 is 0 Å². The fraction of sp³-hybridized carbons (Fsp3) is 0.389. The number of carbonyl (C=O) groups is 2. The molecule has 0 fully saturated rings. The Kier molecular flexibility index (Phi) is 5.73. The summed E-state index contributed by atoms with van der Waals surface area (Å²) in [6.45, 7) is 8.00. The van der Waals surface area contributed by atoms with Crippen LogP contribution < -0.4 is 10.6 Å². The fourth-order valence-electron chi connectivity index (χ4n) is 2.16. The molecular formula is C18H24N4O2. The molecule has 0 unspecified atom stereocenters. The van der Waals surface area contributed by atoms with Crippen molar-refractivity contribution in [3.05, 3.63) is 42.2 Å². The Balaban J connectivity index is 1.95. The van der Waals surface area contributed by atoms with Gasteiger partial charge in [0.2, 0.25) is 5.91 Å². The van der Waals surface area contributed by atoms with Crippen LogP contribution in [0.2, 0.25) is 0 Å². The van der Waals surface area contributed by atoms with Crippen LogP contribution >= 0.6 is 0 Å². The zero-order chi connectivity index (χ0) is 17.7. The molecule has 6 heteroatoms. The van der Waals surface area contributed by atoms with Crippen molar-refractivity contribution in [2.24, 2.45) is 5.92 Å². The molecular weight excluding hydrogens is 304 g/mol. The maximum atomic E-state index is 12.2. The van der Waals surface area contributed by atoms with Crippen LogP contribution in [0.15, 0.2) is 36.5 Å². The van der Waals surface area contributed by atoms with Crippen molar-refractivity contribution < 1.29 is 9.59 Å². The van der Waals surface area contributed by atoms with E-state index < -0.39 is 0 Å². The first-order chi connectivity index (χ1) is 11.3. The van der Waals surface area contributed by atoms with E-state index in [0.29, 0.717) is 29.4 Å². The molecule has 0 atom stereocenters. The molecule has 0 saturated carbocycles. The first kappa shape index (κ1) is 17.7. The number of nitrogens with one attached hydrogen (secondary N) is 2. The molecule has 24 heavy (non-hydrogen) atoms. The van der Waals surface area contributed by atoms with Crippen molar-refractivity contribution in [2.75, 3.05) is 10.6 Å². The summed E-state index contributed by atoms with van der Waals surface area (Å²) in [5.74, 6) is 0.0428. The van der Waals surface area contributed by atoms with Crippen molar-refractivity contribution in [3.8, 4) is 0 Å². The van der Waals surface area contributed by atoms with Crippen LogP contribution in [0, 0.1) is 5.92 Å². The normalized spacial score (nSPS) is 10.9. The van der Waals surface area contributed by atoms with E-state index in [1.54, 1.807) is 41.2 Å². The monoisotopic (exact) mass is 328 g/mol. The Morgan fingerprint density at radius 2 is 1.58 bits per heavy atom. The van der Waals surface area contributed by atoms with Gasteiger partial charge in [-0.2, -0.15) is 5.10 Å². The Hall–Kier alpha value is -2.63. The molecule has 6 nitrogen and oxygen atoms in total. The van der Waals surface area contributed by atoms with E-state index in [1.807, 2.05) is 27.7 Å². The Bertz CT molecular complexity index is 702. The van der Waals surface area contributed by atoms with Crippen molar-refractivity contribution >= 4 is 23.2 Å². The van der Waals surface area contributed by atoms with Gasteiger partial charge in [-0.15, -0.1) is 0 Å². The molecule has 2 aromatic rings. The minimum Gasteiger partial charge on any atom is -0.326 e. The van der Waals surface area contributed by atoms with E-state index in [-0.39, 0.29) is 17.9 Å². The number of anilines is 2. The summed E-state index contributed by atoms with van der Waals surface area (Å²) in [5, 5.41) is 9.87. The molecule has 1 aromatic carbocycles. The van der Waals surface area contributed by atoms with Gasteiger partial charge in [-0.05, 0) is 50.1 Å². The van der Waals surface area contributed by atoms with Gasteiger partial charge >= 0.3 is 0 Å². The molecule has 0 saturated heterocycles. The number of benzene rings is 1. The number of hydrogen-bond acceptors (Lipinski definition) is 3. The largest absolute Gasteiger partial charge is 0.326 e. The first-order valence-electron chi connectivity index (χ1n) is 8.11. The topological polar surface area (TPSA) is 76.0 Å². The van der Waals surface area contributed by atoms with Crippen molar-refractivity contribution in [1.82, 2.24) is 9.78 Å². The van der Waals surface area contributed by atoms with Crippen LogP contribution in [0.4, 0.5) is 11.4 Å². The van der Waals surface area contributed by atoms with Crippen LogP contribution in [0.5, 0.6) is 0 Å². The van der Waals surface area contributed by atoms with Gasteiger partial charge in [0.15, 0.2) is 5.69 Å². The van der Waals surface area contributed by atoms with Crippen LogP contribution in [0.3, 0.4) is 0 Å². The highest BCUT2D eigenvalue weighted by atomic mass is 16.2. The summed E-state index contributed by atoms with van der Waals surface area (Å²) >= 11 is 0. The molecule has 0 aliphatic carbocycles. The Labute approximate surface area is 142 Å². The lowest BCUT2D eigenvalue weighted by Gasteiger charge is -2.08. The van der Waals surface area contributed by atoms with Gasteiger partial charge in [0.1, 0.15) is 0 Å². The minimum absolute atomic E-state index is 0.0130. The number of carbonyl (C=O) groups excluding carboxylic acids is 2. The van der Waals surface area contributed by atoms with Gasteiger partial charge in [-0.3, -0.25) is 14.3 Å². The molecule has 2 N–H and O–H groups in total. The molecule has 0 aliphatic heterocycles. The summed E-state index contributed by atoms with van der Waals surface area (Å²) in [5.41, 5.74) is 1.74. The van der Waals surface area contributed by atoms with Gasteiger partial charge in [0.05, 0.1) is 0 Å². The average molecular weight is 328 g/mol. The van der Waals surface area contributed by atoms with E-state index in [1.165, 1.54) is 0 Å². The number of rotatable bonds is 6. The van der Waals surface area contributed by atoms with Crippen LogP contribution in [-0.2, 0) is 4.79 Å². The summed E-state index contributed by atoms with van der Waals surface area (Å²) in [6, 6.07) is 8.93. The zero-order valence-electron chi connectivity index (χ0n) is 14.5. The van der Waals surface area contributed by atoms with Crippen molar-refractivity contribution in [1.29, 1.82) is 0 Å². The van der Waals surface area contributed by atoms with E-state index in [0.717, 1.165) is 0 Å².